The van der Waals surface area contributed by atoms with E-state index in [1.807, 2.05) is 60.9 Å². The number of para-hydroxylation sites is 1. The summed E-state index contributed by atoms with van der Waals surface area (Å²) < 4.78 is 29.4. The average molecular weight is 538 g/mol. The zero-order chi connectivity index (χ0) is 26.9. The van der Waals surface area contributed by atoms with E-state index in [1.165, 1.54) is 5.56 Å². The molecule has 0 aliphatic carbocycles. The molecule has 0 bridgehead atoms. The van der Waals surface area contributed by atoms with E-state index in [-0.39, 0.29) is 4.90 Å². The fourth-order valence-electron chi connectivity index (χ4n) is 4.60. The van der Waals surface area contributed by atoms with E-state index in [1.54, 1.807) is 36.9 Å². The van der Waals surface area contributed by atoms with Gasteiger partial charge in [0.1, 0.15) is 0 Å². The summed E-state index contributed by atoms with van der Waals surface area (Å²) in [6, 6.07) is 23.6. The summed E-state index contributed by atoms with van der Waals surface area (Å²) in [7, 11) is -3.72. The van der Waals surface area contributed by atoms with Crippen molar-refractivity contribution in [2.75, 3.05) is 24.5 Å². The third kappa shape index (κ3) is 6.67. The Morgan fingerprint density at radius 1 is 0.846 bits per heavy atom. The Hall–Kier alpha value is -4.11. The van der Waals surface area contributed by atoms with Crippen molar-refractivity contribution < 1.29 is 8.42 Å². The molecule has 2 heterocycles. The smallest absolute Gasteiger partial charge is 0.241 e. The molecule has 0 radical (unpaired) electrons. The van der Waals surface area contributed by atoms with E-state index < -0.39 is 10.0 Å². The largest absolute Gasteiger partial charge is 0.322 e. The number of nitrogens with zero attached hydrogens (tertiary/aromatic N) is 3. The van der Waals surface area contributed by atoms with Gasteiger partial charge in [-0.3, -0.25) is 9.98 Å². The molecule has 3 aromatic carbocycles. The van der Waals surface area contributed by atoms with Crippen molar-refractivity contribution in [2.24, 2.45) is 4.99 Å². The van der Waals surface area contributed by atoms with Crippen molar-refractivity contribution in [3.8, 4) is 11.1 Å². The van der Waals surface area contributed by atoms with Crippen LogP contribution in [0.3, 0.4) is 0 Å². The molecular weight excluding hydrogens is 506 g/mol. The highest BCUT2D eigenvalue weighted by atomic mass is 32.2. The van der Waals surface area contributed by atoms with E-state index in [4.69, 9.17) is 0 Å². The molecule has 1 aliphatic rings. The van der Waals surface area contributed by atoms with Gasteiger partial charge in [0.05, 0.1) is 4.90 Å². The van der Waals surface area contributed by atoms with Crippen LogP contribution in [0.2, 0.25) is 0 Å². The third-order valence-corrected chi connectivity index (χ3v) is 8.01. The minimum atomic E-state index is -3.72. The minimum absolute atomic E-state index is 0.264. The number of pyridine rings is 1. The number of rotatable bonds is 11. The number of hydrogen-bond donors (Lipinski definition) is 2. The molecule has 7 nitrogen and oxygen atoms in total. The molecule has 1 aliphatic heterocycles. The van der Waals surface area contributed by atoms with Gasteiger partial charge in [-0.05, 0) is 66.4 Å². The number of aliphatic imine (C=N–C) groups is 1. The zero-order valence-electron chi connectivity index (χ0n) is 21.6. The van der Waals surface area contributed by atoms with E-state index in [9.17, 15) is 8.42 Å². The molecule has 0 atom stereocenters. The first-order chi connectivity index (χ1) is 19.1. The maximum Gasteiger partial charge on any atom is 0.241 e. The van der Waals surface area contributed by atoms with Crippen molar-refractivity contribution in [1.29, 1.82) is 0 Å². The van der Waals surface area contributed by atoms with E-state index in [0.29, 0.717) is 18.5 Å². The summed E-state index contributed by atoms with van der Waals surface area (Å²) in [6.45, 7) is 1.61. The average Bonchev–Trinajstić information content (AvgIpc) is 3.26. The number of aryl methyl sites for hydroxylation is 1. The van der Waals surface area contributed by atoms with Crippen LogP contribution >= 0.6 is 0 Å². The predicted octanol–water partition coefficient (Wildman–Crippen LogP) is 5.28. The van der Waals surface area contributed by atoms with Crippen LogP contribution in [-0.4, -0.2) is 39.3 Å². The number of allylic oxidation sites excluding steroid dienone is 1. The molecule has 0 saturated carbocycles. The van der Waals surface area contributed by atoms with Gasteiger partial charge in [-0.25, -0.2) is 13.1 Å². The van der Waals surface area contributed by atoms with Crippen LogP contribution in [0.1, 0.15) is 12.0 Å². The Balaban J connectivity index is 1.16. The summed E-state index contributed by atoms with van der Waals surface area (Å²) in [6.07, 6.45) is 14.5. The summed E-state index contributed by atoms with van der Waals surface area (Å²) in [5, 5.41) is 4.81. The Morgan fingerprint density at radius 3 is 2.59 bits per heavy atom. The van der Waals surface area contributed by atoms with E-state index >= 15 is 0 Å². The van der Waals surface area contributed by atoms with E-state index in [2.05, 4.69) is 43.1 Å². The van der Waals surface area contributed by atoms with Gasteiger partial charge >= 0.3 is 0 Å². The molecule has 2 N–H and O–H groups in total. The molecule has 0 unspecified atom stereocenters. The molecule has 0 fully saturated rings. The topological polar surface area (TPSA) is 86.7 Å². The van der Waals surface area contributed by atoms with Gasteiger partial charge in [-0.2, -0.15) is 0 Å². The van der Waals surface area contributed by atoms with Gasteiger partial charge in [0.15, 0.2) is 0 Å². The van der Waals surface area contributed by atoms with Crippen LogP contribution in [0, 0.1) is 0 Å². The first-order valence-electron chi connectivity index (χ1n) is 13.0. The van der Waals surface area contributed by atoms with Gasteiger partial charge in [-0.15, -0.1) is 0 Å². The first-order valence-corrected chi connectivity index (χ1v) is 14.5. The van der Waals surface area contributed by atoms with Crippen LogP contribution in [0.25, 0.3) is 21.9 Å². The highest BCUT2D eigenvalue weighted by Crippen LogP contribution is 2.30. The minimum Gasteiger partial charge on any atom is -0.322 e. The van der Waals surface area contributed by atoms with Gasteiger partial charge in [-0.1, -0.05) is 48.5 Å². The number of aromatic nitrogens is 1. The highest BCUT2D eigenvalue weighted by Gasteiger charge is 2.19. The number of benzene rings is 3. The molecule has 4 aromatic rings. The van der Waals surface area contributed by atoms with Crippen molar-refractivity contribution in [2.45, 2.75) is 17.7 Å². The molecule has 198 valence electrons. The van der Waals surface area contributed by atoms with Gasteiger partial charge < -0.3 is 10.2 Å². The third-order valence-electron chi connectivity index (χ3n) is 6.51. The number of hydrogen-bond acceptors (Lipinski definition) is 6. The number of fused-ring (bicyclic) bond motifs is 1. The quantitative estimate of drug-likeness (QED) is 0.254. The molecule has 0 saturated heterocycles. The SMILES string of the molecule is O=S(=O)(NCCNCCCc1ccccc1N1C=CC=NC=C1)c1cc(-c2ccccc2)cc2cnccc12. The van der Waals surface area contributed by atoms with Gasteiger partial charge in [0.25, 0.3) is 0 Å². The number of anilines is 1. The molecule has 8 heteroatoms. The molecule has 39 heavy (non-hydrogen) atoms. The fraction of sp³-hybridized carbons (Fsp3) is 0.161. The van der Waals surface area contributed by atoms with Crippen molar-refractivity contribution in [1.82, 2.24) is 15.0 Å². The molecule has 0 amide bonds. The van der Waals surface area contributed by atoms with E-state index in [0.717, 1.165) is 41.6 Å². The summed E-state index contributed by atoms with van der Waals surface area (Å²) in [5.41, 5.74) is 4.17. The van der Waals surface area contributed by atoms with Crippen LogP contribution in [-0.2, 0) is 16.4 Å². The lowest BCUT2D eigenvalue weighted by Gasteiger charge is -2.19. The lowest BCUT2D eigenvalue weighted by molar-refractivity contribution is 0.575. The predicted molar refractivity (Wildman–Crippen MR) is 159 cm³/mol. The Labute approximate surface area is 229 Å². The Kier molecular flexibility index (Phi) is 8.58. The Bertz CT molecular complexity index is 1600. The van der Waals surface area contributed by atoms with Crippen molar-refractivity contribution in [3.05, 3.63) is 115 Å². The summed E-state index contributed by atoms with van der Waals surface area (Å²) in [4.78, 5) is 10.7. The molecular formula is C31H31N5O2S. The first kappa shape index (κ1) is 26.5. The van der Waals surface area contributed by atoms with Gasteiger partial charge in [0.2, 0.25) is 10.0 Å². The molecule has 5 rings (SSSR count). The normalized spacial score (nSPS) is 13.2. The lowest BCUT2D eigenvalue weighted by Crippen LogP contribution is -2.32. The lowest BCUT2D eigenvalue weighted by atomic mass is 10.0. The monoisotopic (exact) mass is 537 g/mol. The van der Waals surface area contributed by atoms with Crippen molar-refractivity contribution in [3.63, 3.8) is 0 Å². The van der Waals surface area contributed by atoms with Crippen LogP contribution in [0.15, 0.2) is 120 Å². The zero-order valence-corrected chi connectivity index (χ0v) is 22.4. The highest BCUT2D eigenvalue weighted by molar-refractivity contribution is 7.89. The molecule has 0 spiro atoms. The van der Waals surface area contributed by atoms with Crippen LogP contribution < -0.4 is 14.9 Å². The second-order valence-electron chi connectivity index (χ2n) is 9.16. The van der Waals surface area contributed by atoms with Crippen LogP contribution in [0.5, 0.6) is 0 Å². The number of sulfonamides is 1. The maximum atomic E-state index is 13.3. The molecule has 1 aromatic heterocycles. The second kappa shape index (κ2) is 12.6. The standard InChI is InChI=1S/C31H31N5O2S/c37-39(38,31-23-27(25-8-2-1-3-9-25)22-28-24-34-16-13-29(28)31)35-18-17-32-14-6-11-26-10-4-5-12-30(26)36-20-7-15-33-19-21-36/h1-5,7-10,12-13,15-16,19-24,32,35H,6,11,14,17-18H2. The fourth-order valence-corrected chi connectivity index (χ4v) is 5.88. The van der Waals surface area contributed by atoms with Crippen LogP contribution in [0.4, 0.5) is 5.69 Å². The summed E-state index contributed by atoms with van der Waals surface area (Å²) in [5.74, 6) is 0. The van der Waals surface area contributed by atoms with Crippen molar-refractivity contribution >= 4 is 32.7 Å². The van der Waals surface area contributed by atoms with Gasteiger partial charge in [0, 0.05) is 66.8 Å². The summed E-state index contributed by atoms with van der Waals surface area (Å²) >= 11 is 0. The maximum absolute atomic E-state index is 13.3. The number of nitrogens with one attached hydrogen (secondary N) is 2. The Morgan fingerprint density at radius 2 is 1.69 bits per heavy atom. The second-order valence-corrected chi connectivity index (χ2v) is 10.9.